The zero-order valence-corrected chi connectivity index (χ0v) is 12.3. The van der Waals surface area contributed by atoms with Crippen LogP contribution in [0.4, 0.5) is 5.82 Å². The van der Waals surface area contributed by atoms with Crippen LogP contribution in [0.25, 0.3) is 0 Å². The van der Waals surface area contributed by atoms with Crippen molar-refractivity contribution in [2.24, 2.45) is 0 Å². The van der Waals surface area contributed by atoms with Crippen molar-refractivity contribution in [1.82, 2.24) is 10.1 Å². The molecule has 21 heavy (non-hydrogen) atoms. The van der Waals surface area contributed by atoms with Crippen LogP contribution in [-0.4, -0.2) is 35.5 Å². The molecule has 0 radical (unpaired) electrons. The van der Waals surface area contributed by atoms with Gasteiger partial charge < -0.3 is 14.7 Å². The number of aromatic nitrogens is 1. The minimum atomic E-state index is -0.360. The number of hydrogen-bond donors (Lipinski definition) is 1. The molecule has 2 aromatic rings. The lowest BCUT2D eigenvalue weighted by molar-refractivity contribution is -0.116. The Balaban J connectivity index is 1.95. The topological polar surface area (TPSA) is 75.4 Å². The van der Waals surface area contributed by atoms with E-state index in [0.29, 0.717) is 22.2 Å². The van der Waals surface area contributed by atoms with Gasteiger partial charge in [-0.05, 0) is 25.1 Å². The fourth-order valence-electron chi connectivity index (χ4n) is 1.74. The van der Waals surface area contributed by atoms with Gasteiger partial charge >= 0.3 is 0 Å². The van der Waals surface area contributed by atoms with E-state index in [-0.39, 0.29) is 18.4 Å². The second-order valence-electron chi connectivity index (χ2n) is 4.54. The van der Waals surface area contributed by atoms with E-state index in [1.807, 2.05) is 0 Å². The Kier molecular flexibility index (Phi) is 4.59. The van der Waals surface area contributed by atoms with Gasteiger partial charge in [-0.3, -0.25) is 9.59 Å². The highest BCUT2D eigenvalue weighted by Crippen LogP contribution is 2.12. The molecule has 1 N–H and O–H groups in total. The van der Waals surface area contributed by atoms with E-state index in [2.05, 4.69) is 10.5 Å². The van der Waals surface area contributed by atoms with Crippen molar-refractivity contribution in [2.75, 3.05) is 18.9 Å². The molecule has 7 heteroatoms. The molecule has 0 aliphatic carbocycles. The van der Waals surface area contributed by atoms with E-state index in [1.165, 1.54) is 11.9 Å². The molecule has 0 atom stereocenters. The van der Waals surface area contributed by atoms with Gasteiger partial charge in [0.1, 0.15) is 5.76 Å². The molecule has 0 fully saturated rings. The van der Waals surface area contributed by atoms with Crippen molar-refractivity contribution in [1.29, 1.82) is 0 Å². The summed E-state index contributed by atoms with van der Waals surface area (Å²) in [5.41, 5.74) is 0.426. The number of carbonyl (C=O) groups is 2. The fraction of sp³-hybridized carbons (Fsp3) is 0.214. The van der Waals surface area contributed by atoms with Gasteiger partial charge in [-0.2, -0.15) is 0 Å². The van der Waals surface area contributed by atoms with Crippen LogP contribution in [0.1, 0.15) is 16.1 Å². The first-order valence-electron chi connectivity index (χ1n) is 6.20. The Morgan fingerprint density at radius 2 is 2.14 bits per heavy atom. The number of halogens is 1. The van der Waals surface area contributed by atoms with Gasteiger partial charge in [0.15, 0.2) is 5.82 Å². The SMILES string of the molecule is Cc1cc(NC(=O)CN(C)C(=O)c2cccc(Cl)c2)no1. The number of nitrogens with one attached hydrogen (secondary N) is 1. The summed E-state index contributed by atoms with van der Waals surface area (Å²) in [5, 5.41) is 6.67. The number of amides is 2. The summed E-state index contributed by atoms with van der Waals surface area (Å²) in [6.45, 7) is 1.62. The standard InChI is InChI=1S/C14H14ClN3O3/c1-9-6-12(17-21-9)16-13(19)8-18(2)14(20)10-4-3-5-11(15)7-10/h3-7H,8H2,1-2H3,(H,16,17,19). The van der Waals surface area contributed by atoms with E-state index in [4.69, 9.17) is 16.1 Å². The van der Waals surface area contributed by atoms with Gasteiger partial charge in [0.2, 0.25) is 5.91 Å². The normalized spacial score (nSPS) is 10.2. The lowest BCUT2D eigenvalue weighted by atomic mass is 10.2. The summed E-state index contributed by atoms with van der Waals surface area (Å²) in [5.74, 6) is 0.264. The van der Waals surface area contributed by atoms with E-state index in [1.54, 1.807) is 37.3 Å². The number of rotatable bonds is 4. The summed E-state index contributed by atoms with van der Waals surface area (Å²) < 4.78 is 4.84. The van der Waals surface area contributed by atoms with Crippen LogP contribution in [0.15, 0.2) is 34.9 Å². The number of nitrogens with zero attached hydrogens (tertiary/aromatic N) is 2. The van der Waals surface area contributed by atoms with E-state index >= 15 is 0 Å². The van der Waals surface area contributed by atoms with Crippen LogP contribution in [-0.2, 0) is 4.79 Å². The molecule has 2 rings (SSSR count). The summed E-state index contributed by atoms with van der Waals surface area (Å²) in [6.07, 6.45) is 0. The average molecular weight is 308 g/mol. The smallest absolute Gasteiger partial charge is 0.254 e. The predicted molar refractivity (Wildman–Crippen MR) is 78.3 cm³/mol. The number of anilines is 1. The number of aryl methyl sites for hydroxylation is 1. The van der Waals surface area contributed by atoms with Crippen LogP contribution in [0.3, 0.4) is 0 Å². The lowest BCUT2D eigenvalue weighted by Gasteiger charge is -2.16. The van der Waals surface area contributed by atoms with E-state index in [0.717, 1.165) is 0 Å². The Hall–Kier alpha value is -2.34. The van der Waals surface area contributed by atoms with Gasteiger partial charge in [-0.1, -0.05) is 22.8 Å². The molecule has 1 heterocycles. The summed E-state index contributed by atoms with van der Waals surface area (Å²) >= 11 is 5.84. The third-order valence-corrected chi connectivity index (χ3v) is 2.93. The Bertz CT molecular complexity index is 669. The highest BCUT2D eigenvalue weighted by molar-refractivity contribution is 6.30. The second kappa shape index (κ2) is 6.41. The summed E-state index contributed by atoms with van der Waals surface area (Å²) in [4.78, 5) is 25.3. The minimum absolute atomic E-state index is 0.0999. The Morgan fingerprint density at radius 3 is 2.76 bits per heavy atom. The molecule has 0 bridgehead atoms. The fourth-order valence-corrected chi connectivity index (χ4v) is 1.93. The lowest BCUT2D eigenvalue weighted by Crippen LogP contribution is -2.35. The molecule has 0 aliphatic rings. The third kappa shape index (κ3) is 4.06. The molecule has 6 nitrogen and oxygen atoms in total. The zero-order valence-electron chi connectivity index (χ0n) is 11.6. The van der Waals surface area contributed by atoms with Crippen molar-refractivity contribution < 1.29 is 14.1 Å². The zero-order chi connectivity index (χ0) is 15.4. The van der Waals surface area contributed by atoms with Crippen molar-refractivity contribution >= 4 is 29.2 Å². The largest absolute Gasteiger partial charge is 0.360 e. The Labute approximate surface area is 126 Å². The molecule has 1 aromatic carbocycles. The van der Waals surface area contributed by atoms with Crippen LogP contribution >= 0.6 is 11.6 Å². The summed E-state index contributed by atoms with van der Waals surface area (Å²) in [7, 11) is 1.54. The second-order valence-corrected chi connectivity index (χ2v) is 4.98. The predicted octanol–water partition coefficient (Wildman–Crippen LogP) is 2.35. The molecule has 110 valence electrons. The maximum absolute atomic E-state index is 12.1. The minimum Gasteiger partial charge on any atom is -0.360 e. The summed E-state index contributed by atoms with van der Waals surface area (Å²) in [6, 6.07) is 8.15. The number of carbonyl (C=O) groups excluding carboxylic acids is 2. The van der Waals surface area contributed by atoms with Gasteiger partial charge in [0.25, 0.3) is 5.91 Å². The van der Waals surface area contributed by atoms with Crippen molar-refractivity contribution in [3.05, 3.63) is 46.7 Å². The van der Waals surface area contributed by atoms with E-state index in [9.17, 15) is 9.59 Å². The van der Waals surface area contributed by atoms with Gasteiger partial charge in [-0.15, -0.1) is 0 Å². The molecule has 0 saturated carbocycles. The van der Waals surface area contributed by atoms with Crippen molar-refractivity contribution in [2.45, 2.75) is 6.92 Å². The maximum Gasteiger partial charge on any atom is 0.254 e. The van der Waals surface area contributed by atoms with Gasteiger partial charge in [0.05, 0.1) is 6.54 Å². The molecule has 2 amide bonds. The first kappa shape index (κ1) is 15.1. The molecule has 1 aromatic heterocycles. The number of benzene rings is 1. The molecule has 0 spiro atoms. The number of hydrogen-bond acceptors (Lipinski definition) is 4. The van der Waals surface area contributed by atoms with Crippen LogP contribution in [0.2, 0.25) is 5.02 Å². The molecule has 0 unspecified atom stereocenters. The highest BCUT2D eigenvalue weighted by atomic mass is 35.5. The third-order valence-electron chi connectivity index (χ3n) is 2.69. The van der Waals surface area contributed by atoms with E-state index < -0.39 is 0 Å². The van der Waals surface area contributed by atoms with Gasteiger partial charge in [-0.25, -0.2) is 0 Å². The molecule has 0 aliphatic heterocycles. The molecular formula is C14H14ClN3O3. The molecular weight excluding hydrogens is 294 g/mol. The quantitative estimate of drug-likeness (QED) is 0.940. The van der Waals surface area contributed by atoms with Crippen molar-refractivity contribution in [3.8, 4) is 0 Å². The monoisotopic (exact) mass is 307 g/mol. The van der Waals surface area contributed by atoms with Crippen LogP contribution < -0.4 is 5.32 Å². The first-order valence-corrected chi connectivity index (χ1v) is 6.57. The average Bonchev–Trinajstić information content (AvgIpc) is 2.82. The maximum atomic E-state index is 12.1. The van der Waals surface area contributed by atoms with Gasteiger partial charge in [0, 0.05) is 23.7 Å². The van der Waals surface area contributed by atoms with Crippen molar-refractivity contribution in [3.63, 3.8) is 0 Å². The molecule has 0 saturated heterocycles. The number of likely N-dealkylation sites (N-methyl/N-ethyl adjacent to an activating group) is 1. The first-order chi connectivity index (χ1) is 9.95. The van der Waals surface area contributed by atoms with Crippen LogP contribution in [0.5, 0.6) is 0 Å². The van der Waals surface area contributed by atoms with Crippen LogP contribution in [0, 0.1) is 6.92 Å². The highest BCUT2D eigenvalue weighted by Gasteiger charge is 2.16. The Morgan fingerprint density at radius 1 is 1.38 bits per heavy atom.